The van der Waals surface area contributed by atoms with Crippen molar-refractivity contribution < 1.29 is 23.1 Å². The summed E-state index contributed by atoms with van der Waals surface area (Å²) >= 11 is 0. The minimum atomic E-state index is -3.90. The third kappa shape index (κ3) is 6.58. The first-order chi connectivity index (χ1) is 18.8. The van der Waals surface area contributed by atoms with Crippen molar-refractivity contribution in [1.29, 1.82) is 0 Å². The van der Waals surface area contributed by atoms with Crippen molar-refractivity contribution in [1.82, 2.24) is 9.55 Å². The summed E-state index contributed by atoms with van der Waals surface area (Å²) in [6, 6.07) is 17.0. The molecule has 8 nitrogen and oxygen atoms in total. The van der Waals surface area contributed by atoms with Crippen LogP contribution in [0.15, 0.2) is 83.5 Å². The molecule has 1 aliphatic rings. The van der Waals surface area contributed by atoms with Gasteiger partial charge in [-0.1, -0.05) is 76.6 Å². The quantitative estimate of drug-likeness (QED) is 0.280. The first-order valence-electron chi connectivity index (χ1n) is 13.6. The highest BCUT2D eigenvalue weighted by Crippen LogP contribution is 2.47. The van der Waals surface area contributed by atoms with Crippen LogP contribution in [-0.2, 0) is 33.0 Å². The Labute approximate surface area is 237 Å². The molecule has 40 heavy (non-hydrogen) atoms. The maximum Gasteiger partial charge on any atom is 0.338 e. The van der Waals surface area contributed by atoms with Crippen LogP contribution < -0.4 is 4.72 Å². The molecule has 0 saturated heterocycles. The van der Waals surface area contributed by atoms with E-state index in [1.54, 1.807) is 29.8 Å². The van der Waals surface area contributed by atoms with Gasteiger partial charge in [0.15, 0.2) is 5.03 Å². The number of carbonyl (C=O) groups excluding carboxylic acids is 1. The molecule has 2 N–H and O–H groups in total. The van der Waals surface area contributed by atoms with Gasteiger partial charge in [0.2, 0.25) is 0 Å². The number of hydrogen-bond acceptors (Lipinski definition) is 6. The van der Waals surface area contributed by atoms with Gasteiger partial charge in [-0.3, -0.25) is 4.72 Å². The first kappa shape index (κ1) is 29.4. The number of sulfonamides is 1. The number of aliphatic hydroxyl groups excluding tert-OH is 1. The summed E-state index contributed by atoms with van der Waals surface area (Å²) in [5, 5.41) is 11.4. The molecule has 1 unspecified atom stereocenters. The second-order valence-corrected chi connectivity index (χ2v) is 13.4. The Hall–Kier alpha value is -3.59. The second kappa shape index (κ2) is 11.5. The number of esters is 1. The van der Waals surface area contributed by atoms with Crippen LogP contribution >= 0.6 is 0 Å². The summed E-state index contributed by atoms with van der Waals surface area (Å²) in [4.78, 5) is 17.7. The summed E-state index contributed by atoms with van der Waals surface area (Å²) in [5.41, 5.74) is 1.14. The molecule has 0 aliphatic carbocycles. The predicted molar refractivity (Wildman–Crippen MR) is 155 cm³/mol. The molecule has 0 radical (unpaired) electrons. The molecule has 2 aromatic carbocycles. The first-order valence-corrected chi connectivity index (χ1v) is 15.1. The molecule has 2 atom stereocenters. The standard InChI is InChI=1S/C31H39N3O5S/c1-6-16-31(17-15-22-11-8-7-9-12-22)19-25(35)27(29(36)39-31)28(30(2,3)4)23-13-10-14-24(18-23)33-40(37,38)26-20-34(5)21-32-26/h7-14,18,20-21,28,33,35H,6,15-17,19H2,1-5H3/t28?,31-/m1/s1. The van der Waals surface area contributed by atoms with Crippen LogP contribution in [0.1, 0.15) is 70.4 Å². The van der Waals surface area contributed by atoms with Crippen molar-refractivity contribution >= 4 is 21.7 Å². The number of ether oxygens (including phenoxy) is 1. The molecule has 1 aliphatic heterocycles. The molecule has 1 aromatic heterocycles. The number of nitrogens with zero attached hydrogens (tertiary/aromatic N) is 2. The largest absolute Gasteiger partial charge is 0.512 e. The number of rotatable bonds is 10. The maximum absolute atomic E-state index is 13.7. The second-order valence-electron chi connectivity index (χ2n) is 11.8. The fourth-order valence-corrected chi connectivity index (χ4v) is 6.62. The summed E-state index contributed by atoms with van der Waals surface area (Å²) in [6.45, 7) is 8.00. The van der Waals surface area contributed by atoms with Gasteiger partial charge in [0.1, 0.15) is 11.4 Å². The van der Waals surface area contributed by atoms with Gasteiger partial charge in [0.05, 0.1) is 11.9 Å². The van der Waals surface area contributed by atoms with Crippen molar-refractivity contribution in [2.45, 2.75) is 76.3 Å². The van der Waals surface area contributed by atoms with Gasteiger partial charge in [0, 0.05) is 31.3 Å². The normalized spacial score (nSPS) is 18.9. The minimum absolute atomic E-state index is 0.0390. The lowest BCUT2D eigenvalue weighted by Crippen LogP contribution is -2.43. The zero-order chi connectivity index (χ0) is 29.1. The van der Waals surface area contributed by atoms with Crippen molar-refractivity contribution in [3.8, 4) is 0 Å². The summed E-state index contributed by atoms with van der Waals surface area (Å²) in [6.07, 6.45) is 5.89. The van der Waals surface area contributed by atoms with Gasteiger partial charge in [0.25, 0.3) is 10.0 Å². The van der Waals surface area contributed by atoms with E-state index >= 15 is 0 Å². The summed E-state index contributed by atoms with van der Waals surface area (Å²) < 4.78 is 36.1. The van der Waals surface area contributed by atoms with Crippen LogP contribution in [0.25, 0.3) is 0 Å². The smallest absolute Gasteiger partial charge is 0.338 e. The molecule has 3 aromatic rings. The van der Waals surface area contributed by atoms with E-state index in [9.17, 15) is 18.3 Å². The number of anilines is 1. The van der Waals surface area contributed by atoms with E-state index in [0.717, 1.165) is 18.4 Å². The van der Waals surface area contributed by atoms with E-state index in [2.05, 4.69) is 21.8 Å². The zero-order valence-corrected chi connectivity index (χ0v) is 24.7. The third-order valence-electron chi connectivity index (χ3n) is 7.33. The predicted octanol–water partition coefficient (Wildman–Crippen LogP) is 6.28. The van der Waals surface area contributed by atoms with Crippen LogP contribution in [0.3, 0.4) is 0 Å². The highest BCUT2D eigenvalue weighted by molar-refractivity contribution is 7.92. The average Bonchev–Trinajstić information content (AvgIpc) is 3.32. The Morgan fingerprint density at radius 1 is 1.12 bits per heavy atom. The fourth-order valence-electron chi connectivity index (χ4n) is 5.58. The number of aliphatic hydroxyl groups is 1. The number of benzene rings is 2. The Bertz CT molecular complexity index is 1490. The highest BCUT2D eigenvalue weighted by Gasteiger charge is 2.46. The number of aryl methyl sites for hydroxylation is 2. The summed E-state index contributed by atoms with van der Waals surface area (Å²) in [7, 11) is -2.21. The highest BCUT2D eigenvalue weighted by atomic mass is 32.2. The molecular weight excluding hydrogens is 526 g/mol. The molecule has 2 heterocycles. The molecule has 0 amide bonds. The fraction of sp³-hybridized carbons (Fsp3) is 0.419. The van der Waals surface area contributed by atoms with Crippen molar-refractivity contribution in [2.24, 2.45) is 12.5 Å². The number of carbonyl (C=O) groups is 1. The van der Waals surface area contributed by atoms with E-state index in [4.69, 9.17) is 4.74 Å². The number of aromatic nitrogens is 2. The van der Waals surface area contributed by atoms with Crippen molar-refractivity contribution in [3.05, 3.63) is 89.6 Å². The molecule has 9 heteroatoms. The van der Waals surface area contributed by atoms with Gasteiger partial charge in [-0.25, -0.2) is 9.78 Å². The van der Waals surface area contributed by atoms with Gasteiger partial charge < -0.3 is 14.4 Å². The van der Waals surface area contributed by atoms with E-state index in [1.165, 1.54) is 12.5 Å². The number of imidazole rings is 1. The Morgan fingerprint density at radius 2 is 1.85 bits per heavy atom. The third-order valence-corrected chi connectivity index (χ3v) is 8.60. The number of hydrogen-bond donors (Lipinski definition) is 2. The average molecular weight is 566 g/mol. The molecule has 4 rings (SSSR count). The van der Waals surface area contributed by atoms with E-state index in [1.807, 2.05) is 52.0 Å². The molecule has 0 fully saturated rings. The van der Waals surface area contributed by atoms with Gasteiger partial charge in [-0.05, 0) is 47.9 Å². The van der Waals surface area contributed by atoms with Crippen LogP contribution in [0.2, 0.25) is 0 Å². The Morgan fingerprint density at radius 3 is 2.45 bits per heavy atom. The van der Waals surface area contributed by atoms with Crippen LogP contribution in [0.4, 0.5) is 5.69 Å². The van der Waals surface area contributed by atoms with Gasteiger partial charge >= 0.3 is 5.97 Å². The van der Waals surface area contributed by atoms with Crippen molar-refractivity contribution in [3.63, 3.8) is 0 Å². The zero-order valence-electron chi connectivity index (χ0n) is 23.8. The molecule has 214 valence electrons. The van der Waals surface area contributed by atoms with Crippen LogP contribution in [-0.4, -0.2) is 34.6 Å². The maximum atomic E-state index is 13.7. The molecule has 0 bridgehead atoms. The molecule has 0 spiro atoms. The Kier molecular flexibility index (Phi) is 8.44. The summed E-state index contributed by atoms with van der Waals surface area (Å²) in [5.74, 6) is -1.02. The molecule has 0 saturated carbocycles. The topological polar surface area (TPSA) is 111 Å². The minimum Gasteiger partial charge on any atom is -0.512 e. The van der Waals surface area contributed by atoms with Crippen LogP contribution in [0, 0.1) is 5.41 Å². The SMILES string of the molecule is CCC[C@@]1(CCc2ccccc2)CC(O)=C(C(c2cccc(NS(=O)(=O)c3cn(C)cn3)c2)C(C)(C)C)C(=O)O1. The van der Waals surface area contributed by atoms with Gasteiger partial charge in [-0.2, -0.15) is 8.42 Å². The lowest BCUT2D eigenvalue weighted by molar-refractivity contribution is -0.161. The van der Waals surface area contributed by atoms with E-state index in [0.29, 0.717) is 24.1 Å². The van der Waals surface area contributed by atoms with Crippen LogP contribution in [0.5, 0.6) is 0 Å². The van der Waals surface area contributed by atoms with E-state index < -0.39 is 32.9 Å². The lowest BCUT2D eigenvalue weighted by Gasteiger charge is -2.41. The van der Waals surface area contributed by atoms with E-state index in [-0.39, 0.29) is 22.8 Å². The van der Waals surface area contributed by atoms with Crippen molar-refractivity contribution in [2.75, 3.05) is 4.72 Å². The monoisotopic (exact) mass is 565 g/mol. The van der Waals surface area contributed by atoms with Gasteiger partial charge in [-0.15, -0.1) is 0 Å². The molecular formula is C31H39N3O5S. The number of cyclic esters (lactones) is 1. The Balaban J connectivity index is 1.66. The lowest BCUT2D eigenvalue weighted by atomic mass is 9.70. The number of nitrogens with one attached hydrogen (secondary N) is 1.